The lowest BCUT2D eigenvalue weighted by Gasteiger charge is -2.21. The van der Waals surface area contributed by atoms with Gasteiger partial charge in [-0.1, -0.05) is 30.3 Å². The van der Waals surface area contributed by atoms with Gasteiger partial charge in [-0.15, -0.1) is 0 Å². The number of aromatic carboxylic acids is 1. The molecule has 4 nitrogen and oxygen atoms in total. The van der Waals surface area contributed by atoms with E-state index < -0.39 is 5.97 Å². The number of benzene rings is 2. The van der Waals surface area contributed by atoms with E-state index in [9.17, 15) is 9.90 Å². The number of nitrogens with two attached hydrogens (primary N) is 1. The van der Waals surface area contributed by atoms with Gasteiger partial charge in [0.1, 0.15) is 0 Å². The van der Waals surface area contributed by atoms with Crippen LogP contribution in [0.15, 0.2) is 42.5 Å². The molecule has 0 aliphatic rings. The minimum atomic E-state index is -0.999. The molecule has 0 aromatic heterocycles. The van der Waals surface area contributed by atoms with Crippen LogP contribution in [-0.2, 0) is 6.54 Å². The van der Waals surface area contributed by atoms with E-state index in [1.165, 1.54) is 5.56 Å². The first-order chi connectivity index (χ1) is 9.49. The summed E-state index contributed by atoms with van der Waals surface area (Å²) in [7, 11) is 1.93. The molecule has 0 heterocycles. The highest BCUT2D eigenvalue weighted by atomic mass is 16.4. The topological polar surface area (TPSA) is 66.6 Å². The summed E-state index contributed by atoms with van der Waals surface area (Å²) in [5, 5.41) is 9.19. The fourth-order valence-electron chi connectivity index (χ4n) is 2.13. The molecule has 0 spiro atoms. The second kappa shape index (κ2) is 5.65. The van der Waals surface area contributed by atoms with Crippen molar-refractivity contribution in [2.24, 2.45) is 0 Å². The Hall–Kier alpha value is -2.49. The average molecular weight is 270 g/mol. The molecule has 2 aromatic rings. The van der Waals surface area contributed by atoms with Gasteiger partial charge < -0.3 is 15.7 Å². The molecule has 20 heavy (non-hydrogen) atoms. The number of hydrogen-bond acceptors (Lipinski definition) is 3. The van der Waals surface area contributed by atoms with Gasteiger partial charge >= 0.3 is 5.97 Å². The maximum absolute atomic E-state index is 11.2. The molecular weight excluding hydrogens is 252 g/mol. The van der Waals surface area contributed by atoms with Crippen LogP contribution in [0.3, 0.4) is 0 Å². The second-order valence-electron chi connectivity index (χ2n) is 4.87. The van der Waals surface area contributed by atoms with Crippen LogP contribution >= 0.6 is 0 Å². The van der Waals surface area contributed by atoms with Crippen molar-refractivity contribution in [2.45, 2.75) is 13.5 Å². The lowest BCUT2D eigenvalue weighted by atomic mass is 10.1. The van der Waals surface area contributed by atoms with Crippen LogP contribution < -0.4 is 10.6 Å². The highest BCUT2D eigenvalue weighted by Crippen LogP contribution is 2.25. The molecule has 0 aliphatic carbocycles. The van der Waals surface area contributed by atoms with E-state index >= 15 is 0 Å². The normalized spacial score (nSPS) is 10.3. The number of aryl methyl sites for hydroxylation is 1. The quantitative estimate of drug-likeness (QED) is 0.838. The molecule has 2 rings (SSSR count). The SMILES string of the molecule is Cc1cc(N(C)Cc2ccccc2)cc(C(=O)O)c1N. The molecule has 4 heteroatoms. The Kier molecular flexibility index (Phi) is 3.94. The van der Waals surface area contributed by atoms with E-state index in [4.69, 9.17) is 5.73 Å². The molecule has 0 saturated carbocycles. The van der Waals surface area contributed by atoms with Gasteiger partial charge in [-0.05, 0) is 30.2 Å². The number of carbonyl (C=O) groups is 1. The van der Waals surface area contributed by atoms with Gasteiger partial charge in [0.15, 0.2) is 0 Å². The molecule has 0 aliphatic heterocycles. The molecule has 3 N–H and O–H groups in total. The Balaban J connectivity index is 2.31. The van der Waals surface area contributed by atoms with Gasteiger partial charge in [0, 0.05) is 25.0 Å². The minimum Gasteiger partial charge on any atom is -0.478 e. The van der Waals surface area contributed by atoms with Gasteiger partial charge in [0.05, 0.1) is 5.56 Å². The Bertz CT molecular complexity index is 624. The van der Waals surface area contributed by atoms with Crippen LogP contribution in [0.5, 0.6) is 0 Å². The minimum absolute atomic E-state index is 0.153. The van der Waals surface area contributed by atoms with Crippen LogP contribution in [0.4, 0.5) is 11.4 Å². The number of nitrogen functional groups attached to an aromatic ring is 1. The summed E-state index contributed by atoms with van der Waals surface area (Å²) >= 11 is 0. The van der Waals surface area contributed by atoms with Crippen LogP contribution in [0.2, 0.25) is 0 Å². The Morgan fingerprint density at radius 1 is 1.25 bits per heavy atom. The molecule has 0 atom stereocenters. The third-order valence-corrected chi connectivity index (χ3v) is 3.31. The molecule has 2 aromatic carbocycles. The zero-order valence-electron chi connectivity index (χ0n) is 11.6. The molecule has 0 radical (unpaired) electrons. The Morgan fingerprint density at radius 2 is 1.90 bits per heavy atom. The third kappa shape index (κ3) is 2.91. The second-order valence-corrected chi connectivity index (χ2v) is 4.87. The van der Waals surface area contributed by atoms with Crippen molar-refractivity contribution < 1.29 is 9.90 Å². The van der Waals surface area contributed by atoms with Crippen LogP contribution in [0.1, 0.15) is 21.5 Å². The molecule has 104 valence electrons. The third-order valence-electron chi connectivity index (χ3n) is 3.31. The largest absolute Gasteiger partial charge is 0.478 e. The van der Waals surface area contributed by atoms with E-state index in [1.54, 1.807) is 6.07 Å². The highest BCUT2D eigenvalue weighted by Gasteiger charge is 2.13. The van der Waals surface area contributed by atoms with E-state index in [1.807, 2.05) is 55.3 Å². The van der Waals surface area contributed by atoms with Crippen LogP contribution in [-0.4, -0.2) is 18.1 Å². The first kappa shape index (κ1) is 13.9. The zero-order chi connectivity index (χ0) is 14.7. The number of carboxylic acid groups (broad SMARTS) is 1. The van der Waals surface area contributed by atoms with E-state index in [0.717, 1.165) is 11.3 Å². The van der Waals surface area contributed by atoms with E-state index in [0.29, 0.717) is 12.2 Å². The average Bonchev–Trinajstić information content (AvgIpc) is 2.42. The molecule has 0 unspecified atom stereocenters. The first-order valence-corrected chi connectivity index (χ1v) is 6.37. The number of rotatable bonds is 4. The molecule has 0 saturated heterocycles. The van der Waals surface area contributed by atoms with E-state index in [-0.39, 0.29) is 5.56 Å². The van der Waals surface area contributed by atoms with Crippen molar-refractivity contribution in [3.05, 3.63) is 59.2 Å². The van der Waals surface area contributed by atoms with Crippen LogP contribution in [0, 0.1) is 6.92 Å². The number of nitrogens with zero attached hydrogens (tertiary/aromatic N) is 1. The first-order valence-electron chi connectivity index (χ1n) is 6.37. The van der Waals surface area contributed by atoms with Gasteiger partial charge in [0.2, 0.25) is 0 Å². The standard InChI is InChI=1S/C16H18N2O2/c1-11-8-13(9-14(15(11)17)16(19)20)18(2)10-12-6-4-3-5-7-12/h3-9H,10,17H2,1-2H3,(H,19,20). The fraction of sp³-hybridized carbons (Fsp3) is 0.188. The van der Waals surface area contributed by atoms with Crippen molar-refractivity contribution >= 4 is 17.3 Å². The van der Waals surface area contributed by atoms with Gasteiger partial charge in [-0.2, -0.15) is 0 Å². The van der Waals surface area contributed by atoms with Crippen molar-refractivity contribution in [3.8, 4) is 0 Å². The summed E-state index contributed by atoms with van der Waals surface area (Å²) < 4.78 is 0. The van der Waals surface area contributed by atoms with Crippen molar-refractivity contribution in [2.75, 3.05) is 17.7 Å². The van der Waals surface area contributed by atoms with Gasteiger partial charge in [-0.3, -0.25) is 0 Å². The van der Waals surface area contributed by atoms with Crippen molar-refractivity contribution in [1.29, 1.82) is 0 Å². The van der Waals surface area contributed by atoms with Gasteiger partial charge in [0.25, 0.3) is 0 Å². The summed E-state index contributed by atoms with van der Waals surface area (Å²) in [6.45, 7) is 2.53. The fourth-order valence-corrected chi connectivity index (χ4v) is 2.13. The van der Waals surface area contributed by atoms with Crippen molar-refractivity contribution in [3.63, 3.8) is 0 Å². The smallest absolute Gasteiger partial charge is 0.337 e. The maximum Gasteiger partial charge on any atom is 0.337 e. The number of hydrogen-bond donors (Lipinski definition) is 2. The molecule has 0 fully saturated rings. The lowest BCUT2D eigenvalue weighted by molar-refractivity contribution is 0.0698. The maximum atomic E-state index is 11.2. The van der Waals surface area contributed by atoms with Crippen molar-refractivity contribution in [1.82, 2.24) is 0 Å². The summed E-state index contributed by atoms with van der Waals surface area (Å²) in [4.78, 5) is 13.2. The predicted octanol–water partition coefficient (Wildman–Crippen LogP) is 2.91. The monoisotopic (exact) mass is 270 g/mol. The van der Waals surface area contributed by atoms with Crippen LogP contribution in [0.25, 0.3) is 0 Å². The highest BCUT2D eigenvalue weighted by molar-refractivity contribution is 5.95. The predicted molar refractivity (Wildman–Crippen MR) is 81.1 cm³/mol. The van der Waals surface area contributed by atoms with E-state index in [2.05, 4.69) is 0 Å². The Morgan fingerprint density at radius 3 is 2.50 bits per heavy atom. The zero-order valence-corrected chi connectivity index (χ0v) is 11.6. The molecular formula is C16H18N2O2. The summed E-state index contributed by atoms with van der Waals surface area (Å²) in [6.07, 6.45) is 0. The number of anilines is 2. The summed E-state index contributed by atoms with van der Waals surface area (Å²) in [5.41, 5.74) is 9.08. The summed E-state index contributed by atoms with van der Waals surface area (Å²) in [6, 6.07) is 13.6. The summed E-state index contributed by atoms with van der Waals surface area (Å²) in [5.74, 6) is -0.999. The number of carboxylic acids is 1. The van der Waals surface area contributed by atoms with Gasteiger partial charge in [-0.25, -0.2) is 4.79 Å². The lowest BCUT2D eigenvalue weighted by Crippen LogP contribution is -2.17. The molecule has 0 amide bonds. The Labute approximate surface area is 118 Å². The molecule has 0 bridgehead atoms.